The summed E-state index contributed by atoms with van der Waals surface area (Å²) in [5, 5.41) is 6.94. The Balaban J connectivity index is 1.71. The minimum absolute atomic E-state index is 0.0314. The first-order valence-electron chi connectivity index (χ1n) is 7.29. The molecular weight excluding hydrogens is 350 g/mol. The molecule has 2 rings (SSSR count). The molecule has 6 nitrogen and oxygen atoms in total. The van der Waals surface area contributed by atoms with Crippen LogP contribution in [0.1, 0.15) is 12.2 Å². The van der Waals surface area contributed by atoms with E-state index >= 15 is 0 Å². The highest BCUT2D eigenvalue weighted by Gasteiger charge is 2.14. The van der Waals surface area contributed by atoms with Crippen molar-refractivity contribution in [2.75, 3.05) is 24.7 Å². The molecule has 1 N–H and O–H groups in total. The molecule has 24 heavy (non-hydrogen) atoms. The van der Waals surface area contributed by atoms with Crippen LogP contribution in [0.2, 0.25) is 5.02 Å². The van der Waals surface area contributed by atoms with Gasteiger partial charge in [0.1, 0.15) is 5.76 Å². The fourth-order valence-corrected chi connectivity index (χ4v) is 2.86. The summed E-state index contributed by atoms with van der Waals surface area (Å²) in [4.78, 5) is 26.4. The van der Waals surface area contributed by atoms with Gasteiger partial charge in [-0.15, -0.1) is 11.8 Å². The number of nitrogens with one attached hydrogen (secondary N) is 1. The van der Waals surface area contributed by atoms with Gasteiger partial charge in [0, 0.05) is 35.2 Å². The second-order valence-electron chi connectivity index (χ2n) is 5.17. The molecule has 0 fully saturated rings. The van der Waals surface area contributed by atoms with Crippen LogP contribution in [0.25, 0.3) is 0 Å². The molecule has 0 spiro atoms. The fourth-order valence-electron chi connectivity index (χ4n) is 1.89. The van der Waals surface area contributed by atoms with E-state index in [1.165, 1.54) is 4.90 Å². The van der Waals surface area contributed by atoms with Gasteiger partial charge in [0.15, 0.2) is 5.82 Å². The van der Waals surface area contributed by atoms with E-state index in [1.807, 2.05) is 24.3 Å². The number of hydrogen-bond acceptors (Lipinski definition) is 5. The number of rotatable bonds is 7. The van der Waals surface area contributed by atoms with E-state index in [9.17, 15) is 9.59 Å². The lowest BCUT2D eigenvalue weighted by atomic mass is 10.4. The molecule has 0 saturated heterocycles. The molecule has 2 aromatic rings. The summed E-state index contributed by atoms with van der Waals surface area (Å²) in [7, 11) is 1.60. The molecule has 0 radical (unpaired) electrons. The predicted octanol–water partition coefficient (Wildman–Crippen LogP) is 3.22. The first-order chi connectivity index (χ1) is 11.4. The number of hydrogen-bond donors (Lipinski definition) is 1. The van der Waals surface area contributed by atoms with E-state index in [1.54, 1.807) is 31.8 Å². The van der Waals surface area contributed by atoms with Crippen LogP contribution in [0.3, 0.4) is 0 Å². The number of thioether (sulfide) groups is 1. The molecule has 1 heterocycles. The summed E-state index contributed by atoms with van der Waals surface area (Å²) in [6, 6.07) is 9.06. The Morgan fingerprint density at radius 3 is 2.67 bits per heavy atom. The highest BCUT2D eigenvalue weighted by molar-refractivity contribution is 7.99. The highest BCUT2D eigenvalue weighted by atomic mass is 35.5. The summed E-state index contributed by atoms with van der Waals surface area (Å²) >= 11 is 7.40. The van der Waals surface area contributed by atoms with Crippen LogP contribution in [0.4, 0.5) is 5.82 Å². The Morgan fingerprint density at radius 2 is 2.04 bits per heavy atom. The monoisotopic (exact) mass is 367 g/mol. The number of carbonyl (C=O) groups is 2. The fraction of sp³-hybridized carbons (Fsp3) is 0.312. The van der Waals surface area contributed by atoms with E-state index in [0.717, 1.165) is 4.90 Å². The number of aryl methyl sites for hydroxylation is 1. The number of amides is 2. The van der Waals surface area contributed by atoms with Gasteiger partial charge >= 0.3 is 0 Å². The standard InChI is InChI=1S/C16H18ClN3O3S/c1-11-9-14(19-23-11)18-15(21)10-20(2)16(22)7-8-24-13-5-3-12(17)4-6-13/h3-6,9H,7-8,10H2,1-2H3,(H,18,19,21). The van der Waals surface area contributed by atoms with Crippen molar-refractivity contribution in [1.29, 1.82) is 0 Å². The van der Waals surface area contributed by atoms with Gasteiger partial charge < -0.3 is 14.7 Å². The lowest BCUT2D eigenvalue weighted by Crippen LogP contribution is -2.35. The van der Waals surface area contributed by atoms with Crippen LogP contribution in [0.15, 0.2) is 39.8 Å². The van der Waals surface area contributed by atoms with Gasteiger partial charge in [0.2, 0.25) is 11.8 Å². The molecule has 0 aliphatic carbocycles. The van der Waals surface area contributed by atoms with Crippen LogP contribution >= 0.6 is 23.4 Å². The zero-order valence-electron chi connectivity index (χ0n) is 13.4. The van der Waals surface area contributed by atoms with Crippen LogP contribution in [-0.2, 0) is 9.59 Å². The zero-order chi connectivity index (χ0) is 17.5. The van der Waals surface area contributed by atoms with Gasteiger partial charge in [-0.25, -0.2) is 0 Å². The maximum absolute atomic E-state index is 12.1. The molecule has 1 aromatic heterocycles. The van der Waals surface area contributed by atoms with Crippen molar-refractivity contribution in [3.05, 3.63) is 41.1 Å². The average Bonchev–Trinajstić information content (AvgIpc) is 2.93. The Kier molecular flexibility index (Phi) is 6.69. The Bertz CT molecular complexity index is 703. The molecule has 0 bridgehead atoms. The molecule has 8 heteroatoms. The van der Waals surface area contributed by atoms with E-state index in [4.69, 9.17) is 16.1 Å². The summed E-state index contributed by atoms with van der Waals surface area (Å²) < 4.78 is 4.86. The summed E-state index contributed by atoms with van der Waals surface area (Å²) in [6.07, 6.45) is 0.347. The first-order valence-corrected chi connectivity index (χ1v) is 8.66. The van der Waals surface area contributed by atoms with Gasteiger partial charge in [-0.3, -0.25) is 9.59 Å². The number of carbonyl (C=O) groups excluding carboxylic acids is 2. The SMILES string of the molecule is Cc1cc(NC(=O)CN(C)C(=O)CCSc2ccc(Cl)cc2)no1. The minimum Gasteiger partial charge on any atom is -0.360 e. The van der Waals surface area contributed by atoms with E-state index < -0.39 is 0 Å². The number of aromatic nitrogens is 1. The maximum atomic E-state index is 12.1. The summed E-state index contributed by atoms with van der Waals surface area (Å²) in [6.45, 7) is 1.70. The van der Waals surface area contributed by atoms with Gasteiger partial charge in [0.25, 0.3) is 0 Å². The summed E-state index contributed by atoms with van der Waals surface area (Å²) in [5.74, 6) is 1.17. The lowest BCUT2D eigenvalue weighted by molar-refractivity contribution is -0.132. The van der Waals surface area contributed by atoms with Crippen molar-refractivity contribution >= 4 is 41.0 Å². The van der Waals surface area contributed by atoms with Gasteiger partial charge in [0.05, 0.1) is 6.54 Å². The molecule has 0 unspecified atom stereocenters. The van der Waals surface area contributed by atoms with Crippen molar-refractivity contribution in [2.24, 2.45) is 0 Å². The van der Waals surface area contributed by atoms with E-state index in [2.05, 4.69) is 10.5 Å². The molecule has 0 saturated carbocycles. The number of likely N-dealkylation sites (N-methyl/N-ethyl adjacent to an activating group) is 1. The Labute approximate surface area is 149 Å². The molecule has 128 valence electrons. The largest absolute Gasteiger partial charge is 0.360 e. The highest BCUT2D eigenvalue weighted by Crippen LogP contribution is 2.21. The normalized spacial score (nSPS) is 10.5. The van der Waals surface area contributed by atoms with Crippen LogP contribution in [-0.4, -0.2) is 41.2 Å². The third kappa shape index (κ3) is 5.90. The zero-order valence-corrected chi connectivity index (χ0v) is 15.0. The number of halogens is 1. The Hall–Kier alpha value is -1.99. The smallest absolute Gasteiger partial charge is 0.245 e. The Morgan fingerprint density at radius 1 is 1.33 bits per heavy atom. The predicted molar refractivity (Wildman–Crippen MR) is 94.3 cm³/mol. The molecule has 2 amide bonds. The second-order valence-corrected chi connectivity index (χ2v) is 6.78. The van der Waals surface area contributed by atoms with Crippen molar-refractivity contribution in [2.45, 2.75) is 18.2 Å². The van der Waals surface area contributed by atoms with Gasteiger partial charge in [-0.1, -0.05) is 16.8 Å². The van der Waals surface area contributed by atoms with Crippen LogP contribution in [0, 0.1) is 6.92 Å². The van der Waals surface area contributed by atoms with E-state index in [0.29, 0.717) is 28.8 Å². The maximum Gasteiger partial charge on any atom is 0.245 e. The molecule has 1 aromatic carbocycles. The van der Waals surface area contributed by atoms with E-state index in [-0.39, 0.29) is 18.4 Å². The first kappa shape index (κ1) is 18.4. The molecular formula is C16H18ClN3O3S. The van der Waals surface area contributed by atoms with Crippen LogP contribution < -0.4 is 5.32 Å². The van der Waals surface area contributed by atoms with Crippen molar-refractivity contribution in [3.63, 3.8) is 0 Å². The number of nitrogens with zero attached hydrogens (tertiary/aromatic N) is 2. The van der Waals surface area contributed by atoms with Crippen LogP contribution in [0.5, 0.6) is 0 Å². The molecule has 0 aliphatic rings. The number of anilines is 1. The third-order valence-corrected chi connectivity index (χ3v) is 4.37. The molecule has 0 aliphatic heterocycles. The topological polar surface area (TPSA) is 75.4 Å². The third-order valence-electron chi connectivity index (χ3n) is 3.10. The quantitative estimate of drug-likeness (QED) is 0.760. The second kappa shape index (κ2) is 8.75. The van der Waals surface area contributed by atoms with Crippen molar-refractivity contribution < 1.29 is 14.1 Å². The summed E-state index contributed by atoms with van der Waals surface area (Å²) in [5.41, 5.74) is 0. The number of benzene rings is 1. The van der Waals surface area contributed by atoms with Gasteiger partial charge in [-0.05, 0) is 31.2 Å². The van der Waals surface area contributed by atoms with Gasteiger partial charge in [-0.2, -0.15) is 0 Å². The lowest BCUT2D eigenvalue weighted by Gasteiger charge is -2.16. The molecule has 0 atom stereocenters. The average molecular weight is 368 g/mol. The minimum atomic E-state index is -0.315. The van der Waals surface area contributed by atoms with Crippen molar-refractivity contribution in [3.8, 4) is 0 Å². The van der Waals surface area contributed by atoms with Crippen molar-refractivity contribution in [1.82, 2.24) is 10.1 Å².